The maximum absolute atomic E-state index is 11.0. The van der Waals surface area contributed by atoms with Gasteiger partial charge in [0.2, 0.25) is 0 Å². The van der Waals surface area contributed by atoms with Crippen LogP contribution in [0.15, 0.2) is 24.3 Å². The van der Waals surface area contributed by atoms with E-state index in [9.17, 15) is 9.59 Å². The standard InChI is InChI=1S/C14H26O3.C4H6O2/c1-13(2)14(16)17-12-10-8-6-4-3-5-7-9-11-15;1-2-3-4(5)6/h15H,1,3-12H2,2H3;2-3H,1H3,(H,5,6). The molecule has 0 aliphatic heterocycles. The van der Waals surface area contributed by atoms with Crippen LogP contribution >= 0.6 is 0 Å². The van der Waals surface area contributed by atoms with Gasteiger partial charge in [-0.25, -0.2) is 9.59 Å². The molecule has 2 N–H and O–H groups in total. The molecule has 0 aromatic carbocycles. The Bertz CT molecular complexity index is 347. The molecule has 0 saturated carbocycles. The van der Waals surface area contributed by atoms with E-state index in [1.807, 2.05) is 0 Å². The number of aliphatic carboxylic acids is 1. The predicted octanol–water partition coefficient (Wildman–Crippen LogP) is 3.87. The van der Waals surface area contributed by atoms with Gasteiger partial charge in [0, 0.05) is 18.3 Å². The minimum atomic E-state index is -0.891. The van der Waals surface area contributed by atoms with E-state index in [0.29, 0.717) is 18.8 Å². The molecule has 0 aliphatic carbocycles. The van der Waals surface area contributed by atoms with Crippen LogP contribution in [0.2, 0.25) is 0 Å². The number of carbonyl (C=O) groups excluding carboxylic acids is 1. The van der Waals surface area contributed by atoms with Crippen LogP contribution < -0.4 is 0 Å². The van der Waals surface area contributed by atoms with Crippen molar-refractivity contribution in [2.45, 2.75) is 65.2 Å². The lowest BCUT2D eigenvalue weighted by Gasteiger charge is -2.04. The van der Waals surface area contributed by atoms with E-state index in [-0.39, 0.29) is 5.97 Å². The topological polar surface area (TPSA) is 83.8 Å². The highest BCUT2D eigenvalue weighted by Crippen LogP contribution is 2.08. The second-order valence-corrected chi connectivity index (χ2v) is 5.31. The first kappa shape index (κ1) is 23.6. The number of carbonyl (C=O) groups is 2. The Balaban J connectivity index is 0. The van der Waals surface area contributed by atoms with Crippen molar-refractivity contribution < 1.29 is 24.5 Å². The largest absolute Gasteiger partial charge is 0.478 e. The highest BCUT2D eigenvalue weighted by molar-refractivity contribution is 5.86. The third kappa shape index (κ3) is 22.8. The smallest absolute Gasteiger partial charge is 0.333 e. The molecule has 5 heteroatoms. The van der Waals surface area contributed by atoms with Crippen LogP contribution in [-0.4, -0.2) is 35.4 Å². The Kier molecular flexibility index (Phi) is 18.9. The lowest BCUT2D eigenvalue weighted by Crippen LogP contribution is -2.05. The van der Waals surface area contributed by atoms with Crippen LogP contribution in [0.1, 0.15) is 65.2 Å². The molecule has 23 heavy (non-hydrogen) atoms. The van der Waals surface area contributed by atoms with Gasteiger partial charge in [0.05, 0.1) is 6.61 Å². The Hall–Kier alpha value is -1.62. The van der Waals surface area contributed by atoms with Crippen LogP contribution in [0.25, 0.3) is 0 Å². The lowest BCUT2D eigenvalue weighted by molar-refractivity contribution is -0.139. The number of allylic oxidation sites excluding steroid dienone is 1. The molecule has 0 unspecified atom stereocenters. The highest BCUT2D eigenvalue weighted by Gasteiger charge is 2.01. The number of ether oxygens (including phenoxy) is 1. The average molecular weight is 328 g/mol. The molecule has 0 rings (SSSR count). The van der Waals surface area contributed by atoms with Crippen molar-refractivity contribution in [2.75, 3.05) is 13.2 Å². The molecule has 0 heterocycles. The summed E-state index contributed by atoms with van der Waals surface area (Å²) in [6.45, 7) is 7.67. The van der Waals surface area contributed by atoms with E-state index >= 15 is 0 Å². The summed E-state index contributed by atoms with van der Waals surface area (Å²) < 4.78 is 5.00. The van der Waals surface area contributed by atoms with Gasteiger partial charge >= 0.3 is 11.9 Å². The van der Waals surface area contributed by atoms with Gasteiger partial charge in [0.15, 0.2) is 0 Å². The fourth-order valence-electron chi connectivity index (χ4n) is 1.71. The van der Waals surface area contributed by atoms with Crippen molar-refractivity contribution in [3.05, 3.63) is 24.3 Å². The van der Waals surface area contributed by atoms with Crippen LogP contribution in [0.4, 0.5) is 0 Å². The summed E-state index contributed by atoms with van der Waals surface area (Å²) in [6.07, 6.45) is 11.6. The highest BCUT2D eigenvalue weighted by atomic mass is 16.5. The van der Waals surface area contributed by atoms with Gasteiger partial charge < -0.3 is 14.9 Å². The fourth-order valence-corrected chi connectivity index (χ4v) is 1.71. The number of rotatable bonds is 12. The monoisotopic (exact) mass is 328 g/mol. The number of esters is 1. The Morgan fingerprint density at radius 3 is 1.83 bits per heavy atom. The molecule has 0 aliphatic rings. The molecule has 5 nitrogen and oxygen atoms in total. The van der Waals surface area contributed by atoms with Crippen LogP contribution in [0.5, 0.6) is 0 Å². The molecule has 0 saturated heterocycles. The Morgan fingerprint density at radius 2 is 1.48 bits per heavy atom. The maximum Gasteiger partial charge on any atom is 0.333 e. The van der Waals surface area contributed by atoms with Crippen molar-refractivity contribution in [2.24, 2.45) is 0 Å². The molecule has 0 atom stereocenters. The number of carboxylic acids is 1. The first-order valence-electron chi connectivity index (χ1n) is 8.24. The molecule has 0 radical (unpaired) electrons. The SMILES string of the molecule is C=C(C)C(=O)OCCCCCCCCCCO.CC=CC(=O)O. The van der Waals surface area contributed by atoms with Crippen molar-refractivity contribution in [1.82, 2.24) is 0 Å². The second-order valence-electron chi connectivity index (χ2n) is 5.31. The maximum atomic E-state index is 11.0. The third-order valence-corrected chi connectivity index (χ3v) is 2.94. The summed E-state index contributed by atoms with van der Waals surface area (Å²) in [6, 6.07) is 0. The van der Waals surface area contributed by atoms with Gasteiger partial charge in [0.25, 0.3) is 0 Å². The molecular weight excluding hydrogens is 296 g/mol. The van der Waals surface area contributed by atoms with E-state index in [4.69, 9.17) is 14.9 Å². The summed E-state index contributed by atoms with van der Waals surface area (Å²) in [7, 11) is 0. The first-order chi connectivity index (χ1) is 11.0. The molecule has 0 aromatic heterocycles. The zero-order chi connectivity index (χ0) is 17.9. The van der Waals surface area contributed by atoms with E-state index in [0.717, 1.165) is 31.8 Å². The van der Waals surface area contributed by atoms with Gasteiger partial charge in [-0.2, -0.15) is 0 Å². The minimum Gasteiger partial charge on any atom is -0.478 e. The van der Waals surface area contributed by atoms with Crippen molar-refractivity contribution in [3.8, 4) is 0 Å². The third-order valence-electron chi connectivity index (χ3n) is 2.94. The van der Waals surface area contributed by atoms with Crippen molar-refractivity contribution in [3.63, 3.8) is 0 Å². The van der Waals surface area contributed by atoms with Gasteiger partial charge in [-0.3, -0.25) is 0 Å². The normalized spacial score (nSPS) is 10.0. The predicted molar refractivity (Wildman–Crippen MR) is 92.2 cm³/mol. The quantitative estimate of drug-likeness (QED) is 0.323. The summed E-state index contributed by atoms with van der Waals surface area (Å²) >= 11 is 0. The van der Waals surface area contributed by atoms with Crippen molar-refractivity contribution >= 4 is 11.9 Å². The second kappa shape index (κ2) is 18.4. The lowest BCUT2D eigenvalue weighted by atomic mass is 10.1. The van der Waals surface area contributed by atoms with E-state index in [2.05, 4.69) is 6.58 Å². The number of hydrogen-bond donors (Lipinski definition) is 2. The van der Waals surface area contributed by atoms with Crippen LogP contribution in [-0.2, 0) is 14.3 Å². The molecule has 0 fully saturated rings. The molecular formula is C18H32O5. The van der Waals surface area contributed by atoms with Gasteiger partial charge in [0.1, 0.15) is 0 Å². The number of aliphatic hydroxyl groups excluding tert-OH is 1. The number of unbranched alkanes of at least 4 members (excludes halogenated alkanes) is 7. The summed E-state index contributed by atoms with van der Waals surface area (Å²) in [5, 5.41) is 16.4. The minimum absolute atomic E-state index is 0.283. The first-order valence-corrected chi connectivity index (χ1v) is 8.24. The number of hydrogen-bond acceptors (Lipinski definition) is 4. The van der Waals surface area contributed by atoms with Crippen LogP contribution in [0.3, 0.4) is 0 Å². The molecule has 0 bridgehead atoms. The number of aliphatic hydroxyl groups is 1. The molecule has 0 aromatic rings. The van der Waals surface area contributed by atoms with Crippen LogP contribution in [0, 0.1) is 0 Å². The molecule has 0 amide bonds. The summed E-state index contributed by atoms with van der Waals surface area (Å²) in [5.41, 5.74) is 0.467. The fraction of sp³-hybridized carbons (Fsp3) is 0.667. The van der Waals surface area contributed by atoms with Gasteiger partial charge in [-0.15, -0.1) is 0 Å². The average Bonchev–Trinajstić information content (AvgIpc) is 2.49. The Morgan fingerprint density at radius 1 is 1.00 bits per heavy atom. The van der Waals surface area contributed by atoms with E-state index in [1.54, 1.807) is 13.8 Å². The van der Waals surface area contributed by atoms with Gasteiger partial charge in [-0.05, 0) is 26.7 Å². The van der Waals surface area contributed by atoms with Gasteiger partial charge in [-0.1, -0.05) is 51.2 Å². The van der Waals surface area contributed by atoms with Crippen molar-refractivity contribution in [1.29, 1.82) is 0 Å². The zero-order valence-corrected chi connectivity index (χ0v) is 14.6. The van der Waals surface area contributed by atoms with E-state index < -0.39 is 5.97 Å². The molecule has 134 valence electrons. The Labute approximate surface area is 140 Å². The summed E-state index contributed by atoms with van der Waals surface area (Å²) in [5.74, 6) is -1.17. The molecule has 0 spiro atoms. The number of carboxylic acid groups (broad SMARTS) is 1. The summed E-state index contributed by atoms with van der Waals surface area (Å²) in [4.78, 5) is 20.5. The zero-order valence-electron chi connectivity index (χ0n) is 14.6. The van der Waals surface area contributed by atoms with E-state index in [1.165, 1.54) is 31.8 Å².